The van der Waals surface area contributed by atoms with E-state index in [0.717, 1.165) is 10.6 Å². The number of carbonyl (C=O) groups excluding carboxylic acids is 1. The van der Waals surface area contributed by atoms with Crippen LogP contribution in [0.2, 0.25) is 0 Å². The molecule has 0 unspecified atom stereocenters. The van der Waals surface area contributed by atoms with Crippen LogP contribution in [0.3, 0.4) is 0 Å². The van der Waals surface area contributed by atoms with Gasteiger partial charge in [-0.25, -0.2) is 0 Å². The molecule has 1 aromatic rings. The molecular formula is C13H14O3S. The Labute approximate surface area is 105 Å². The summed E-state index contributed by atoms with van der Waals surface area (Å²) < 4.78 is 10.1. The lowest BCUT2D eigenvalue weighted by Crippen LogP contribution is -2.06. The second kappa shape index (κ2) is 7.64. The number of rotatable bonds is 6. The van der Waals surface area contributed by atoms with Gasteiger partial charge in [0.15, 0.2) is 0 Å². The molecule has 0 aliphatic rings. The molecule has 0 bridgehead atoms. The Balaban J connectivity index is 2.40. The molecule has 0 N–H and O–H groups in total. The van der Waals surface area contributed by atoms with Crippen molar-refractivity contribution in [2.24, 2.45) is 0 Å². The zero-order valence-corrected chi connectivity index (χ0v) is 10.5. The Hall–Kier alpha value is -1.60. The Morgan fingerprint density at radius 1 is 1.41 bits per heavy atom. The molecule has 1 rings (SSSR count). The van der Waals surface area contributed by atoms with E-state index < -0.39 is 0 Å². The molecule has 0 spiro atoms. The van der Waals surface area contributed by atoms with Crippen LogP contribution in [0.15, 0.2) is 29.2 Å². The van der Waals surface area contributed by atoms with E-state index >= 15 is 0 Å². The lowest BCUT2D eigenvalue weighted by molar-refractivity contribution is -0.139. The summed E-state index contributed by atoms with van der Waals surface area (Å²) in [7, 11) is 0. The highest BCUT2D eigenvalue weighted by atomic mass is 32.2. The summed E-state index contributed by atoms with van der Waals surface area (Å²) in [6, 6.07) is 7.42. The molecule has 90 valence electrons. The van der Waals surface area contributed by atoms with Crippen molar-refractivity contribution in [3.8, 4) is 18.1 Å². The fourth-order valence-corrected chi connectivity index (χ4v) is 1.80. The van der Waals surface area contributed by atoms with Crippen molar-refractivity contribution >= 4 is 17.7 Å². The van der Waals surface area contributed by atoms with E-state index in [4.69, 9.17) is 15.9 Å². The molecule has 0 aliphatic carbocycles. The van der Waals surface area contributed by atoms with Crippen LogP contribution in [0.25, 0.3) is 0 Å². The zero-order valence-electron chi connectivity index (χ0n) is 9.64. The molecular weight excluding hydrogens is 236 g/mol. The molecule has 0 fully saturated rings. The third-order valence-electron chi connectivity index (χ3n) is 1.81. The maximum absolute atomic E-state index is 11.1. The minimum Gasteiger partial charge on any atom is -0.481 e. The van der Waals surface area contributed by atoms with Crippen LogP contribution in [0, 0.1) is 12.3 Å². The number of carbonyl (C=O) groups is 1. The second-order valence-electron chi connectivity index (χ2n) is 3.06. The topological polar surface area (TPSA) is 35.5 Å². The highest BCUT2D eigenvalue weighted by Crippen LogP contribution is 2.21. The number of hydrogen-bond donors (Lipinski definition) is 0. The van der Waals surface area contributed by atoms with E-state index in [9.17, 15) is 4.79 Å². The second-order valence-corrected chi connectivity index (χ2v) is 4.11. The zero-order chi connectivity index (χ0) is 12.5. The Bertz CT molecular complexity index is 392. The lowest BCUT2D eigenvalue weighted by Gasteiger charge is -2.04. The van der Waals surface area contributed by atoms with Crippen LogP contribution in [0.1, 0.15) is 6.92 Å². The van der Waals surface area contributed by atoms with E-state index in [1.165, 1.54) is 11.8 Å². The van der Waals surface area contributed by atoms with E-state index in [-0.39, 0.29) is 12.6 Å². The third-order valence-corrected chi connectivity index (χ3v) is 2.79. The molecule has 4 heteroatoms. The number of esters is 1. The first-order valence-electron chi connectivity index (χ1n) is 5.21. The van der Waals surface area contributed by atoms with Crippen molar-refractivity contribution in [1.82, 2.24) is 0 Å². The summed E-state index contributed by atoms with van der Waals surface area (Å²) in [6.07, 6.45) is 5.09. The van der Waals surface area contributed by atoms with Gasteiger partial charge in [0.05, 0.1) is 12.4 Å². The van der Waals surface area contributed by atoms with Crippen molar-refractivity contribution in [2.75, 3.05) is 19.0 Å². The van der Waals surface area contributed by atoms with Gasteiger partial charge in [0.2, 0.25) is 0 Å². The Morgan fingerprint density at radius 2 is 2.12 bits per heavy atom. The SMILES string of the molecule is C#CCOc1ccc(SCC(=O)OCC)cc1. The monoisotopic (exact) mass is 250 g/mol. The molecule has 3 nitrogen and oxygen atoms in total. The predicted octanol–water partition coefficient (Wildman–Crippen LogP) is 2.35. The number of benzene rings is 1. The minimum absolute atomic E-state index is 0.204. The average Bonchev–Trinajstić information content (AvgIpc) is 2.35. The van der Waals surface area contributed by atoms with Crippen LogP contribution >= 0.6 is 11.8 Å². The molecule has 0 aromatic heterocycles. The quantitative estimate of drug-likeness (QED) is 0.441. The summed E-state index contributed by atoms with van der Waals surface area (Å²) in [6.45, 7) is 2.47. The maximum Gasteiger partial charge on any atom is 0.316 e. The first kappa shape index (κ1) is 13.5. The van der Waals surface area contributed by atoms with Gasteiger partial charge < -0.3 is 9.47 Å². The standard InChI is InChI=1S/C13H14O3S/c1-3-9-16-11-5-7-12(8-6-11)17-10-13(14)15-4-2/h1,5-8H,4,9-10H2,2H3. The molecule has 0 amide bonds. The first-order valence-corrected chi connectivity index (χ1v) is 6.19. The fourth-order valence-electron chi connectivity index (χ4n) is 1.10. The fraction of sp³-hybridized carbons (Fsp3) is 0.308. The van der Waals surface area contributed by atoms with Crippen LogP contribution < -0.4 is 4.74 Å². The average molecular weight is 250 g/mol. The van der Waals surface area contributed by atoms with Gasteiger partial charge >= 0.3 is 5.97 Å². The first-order chi connectivity index (χ1) is 8.26. The molecule has 0 atom stereocenters. The molecule has 0 saturated carbocycles. The van der Waals surface area contributed by atoms with E-state index in [1.807, 2.05) is 24.3 Å². The highest BCUT2D eigenvalue weighted by molar-refractivity contribution is 8.00. The molecule has 17 heavy (non-hydrogen) atoms. The summed E-state index contributed by atoms with van der Waals surface area (Å²) in [4.78, 5) is 12.1. The Kier molecular flexibility index (Phi) is 6.05. The third kappa shape index (κ3) is 5.32. The van der Waals surface area contributed by atoms with Gasteiger partial charge in [0.25, 0.3) is 0 Å². The van der Waals surface area contributed by atoms with Crippen LogP contribution in [0.4, 0.5) is 0 Å². The molecule has 1 aromatic carbocycles. The van der Waals surface area contributed by atoms with Crippen molar-refractivity contribution in [3.63, 3.8) is 0 Å². The number of thioether (sulfide) groups is 1. The normalized spacial score (nSPS) is 9.41. The van der Waals surface area contributed by atoms with E-state index in [0.29, 0.717) is 12.4 Å². The molecule has 0 saturated heterocycles. The smallest absolute Gasteiger partial charge is 0.316 e. The van der Waals surface area contributed by atoms with Crippen LogP contribution in [-0.4, -0.2) is 24.9 Å². The largest absolute Gasteiger partial charge is 0.481 e. The number of terminal acetylenes is 1. The van der Waals surface area contributed by atoms with E-state index in [1.54, 1.807) is 6.92 Å². The predicted molar refractivity (Wildman–Crippen MR) is 68.1 cm³/mol. The number of hydrogen-bond acceptors (Lipinski definition) is 4. The number of ether oxygens (including phenoxy) is 2. The molecule has 0 heterocycles. The van der Waals surface area contributed by atoms with Crippen molar-refractivity contribution in [1.29, 1.82) is 0 Å². The van der Waals surface area contributed by atoms with Gasteiger partial charge in [-0.3, -0.25) is 4.79 Å². The summed E-state index contributed by atoms with van der Waals surface area (Å²) in [5.41, 5.74) is 0. The summed E-state index contributed by atoms with van der Waals surface area (Å²) in [5.74, 6) is 3.24. The minimum atomic E-state index is -0.204. The van der Waals surface area contributed by atoms with Crippen molar-refractivity contribution < 1.29 is 14.3 Å². The van der Waals surface area contributed by atoms with Gasteiger partial charge in [0, 0.05) is 4.90 Å². The highest BCUT2D eigenvalue weighted by Gasteiger charge is 2.03. The van der Waals surface area contributed by atoms with Gasteiger partial charge in [-0.15, -0.1) is 18.2 Å². The van der Waals surface area contributed by atoms with E-state index in [2.05, 4.69) is 5.92 Å². The molecule has 0 aliphatic heterocycles. The van der Waals surface area contributed by atoms with Crippen LogP contribution in [0.5, 0.6) is 5.75 Å². The summed E-state index contributed by atoms with van der Waals surface area (Å²) in [5, 5.41) is 0. The van der Waals surface area contributed by atoms with Gasteiger partial charge in [-0.2, -0.15) is 0 Å². The van der Waals surface area contributed by atoms with Crippen molar-refractivity contribution in [3.05, 3.63) is 24.3 Å². The molecule has 0 radical (unpaired) electrons. The van der Waals surface area contributed by atoms with Crippen molar-refractivity contribution in [2.45, 2.75) is 11.8 Å². The Morgan fingerprint density at radius 3 is 2.71 bits per heavy atom. The van der Waals surface area contributed by atoms with Crippen LogP contribution in [-0.2, 0) is 9.53 Å². The lowest BCUT2D eigenvalue weighted by atomic mass is 10.3. The summed E-state index contributed by atoms with van der Waals surface area (Å²) >= 11 is 1.43. The van der Waals surface area contributed by atoms with Gasteiger partial charge in [-0.05, 0) is 31.2 Å². The van der Waals surface area contributed by atoms with Gasteiger partial charge in [0.1, 0.15) is 12.4 Å². The maximum atomic E-state index is 11.1. The van der Waals surface area contributed by atoms with Gasteiger partial charge in [-0.1, -0.05) is 5.92 Å².